The van der Waals surface area contributed by atoms with E-state index in [9.17, 15) is 9.90 Å². The Bertz CT molecular complexity index is 640. The summed E-state index contributed by atoms with van der Waals surface area (Å²) in [7, 11) is 1.79. The average Bonchev–Trinajstić information content (AvgIpc) is 2.99. The molecule has 1 amide bonds. The van der Waals surface area contributed by atoms with Crippen LogP contribution in [0.5, 0.6) is 0 Å². The summed E-state index contributed by atoms with van der Waals surface area (Å²) in [5.41, 5.74) is -0.442. The van der Waals surface area contributed by atoms with Crippen LogP contribution in [0.3, 0.4) is 0 Å². The molecule has 2 aromatic rings. The summed E-state index contributed by atoms with van der Waals surface area (Å²) in [6.45, 7) is 3.73. The van der Waals surface area contributed by atoms with Crippen molar-refractivity contribution in [2.24, 2.45) is 13.0 Å². The maximum Gasteiger partial charge on any atom is 0.223 e. The van der Waals surface area contributed by atoms with Gasteiger partial charge in [0, 0.05) is 35.4 Å². The smallest absolute Gasteiger partial charge is 0.223 e. The number of hydrogen-bond donors (Lipinski definition) is 2. The Morgan fingerprint density at radius 1 is 1.43 bits per heavy atom. The fraction of sp³-hybridized carbons (Fsp3) is 0.412. The van der Waals surface area contributed by atoms with Gasteiger partial charge in [0.15, 0.2) is 0 Å². The van der Waals surface area contributed by atoms with Gasteiger partial charge in [0.25, 0.3) is 0 Å². The van der Waals surface area contributed by atoms with Crippen molar-refractivity contribution in [1.29, 1.82) is 0 Å². The summed E-state index contributed by atoms with van der Waals surface area (Å²) in [5, 5.41) is 17.3. The molecule has 0 saturated heterocycles. The third kappa shape index (κ3) is 5.11. The van der Waals surface area contributed by atoms with Gasteiger partial charge in [0.1, 0.15) is 5.60 Å². The molecule has 0 aliphatic carbocycles. The van der Waals surface area contributed by atoms with Gasteiger partial charge in [0.2, 0.25) is 5.91 Å². The van der Waals surface area contributed by atoms with Gasteiger partial charge in [-0.2, -0.15) is 5.10 Å². The summed E-state index contributed by atoms with van der Waals surface area (Å²) in [6.07, 6.45) is 3.36. The fourth-order valence-corrected chi connectivity index (χ4v) is 2.99. The molecule has 0 aliphatic heterocycles. The lowest BCUT2D eigenvalue weighted by molar-refractivity contribution is -0.125. The third-order valence-corrected chi connectivity index (χ3v) is 4.90. The largest absolute Gasteiger partial charge is 0.383 e. The van der Waals surface area contributed by atoms with Gasteiger partial charge in [-0.05, 0) is 19.1 Å². The molecule has 1 heterocycles. The van der Waals surface area contributed by atoms with Crippen LogP contribution in [0.25, 0.3) is 0 Å². The summed E-state index contributed by atoms with van der Waals surface area (Å²) in [4.78, 5) is 13.3. The lowest BCUT2D eigenvalue weighted by Gasteiger charge is -2.23. The van der Waals surface area contributed by atoms with Crippen molar-refractivity contribution in [3.63, 3.8) is 0 Å². The molecule has 124 valence electrons. The first-order chi connectivity index (χ1) is 10.9. The molecule has 2 N–H and O–H groups in total. The van der Waals surface area contributed by atoms with Crippen molar-refractivity contribution in [1.82, 2.24) is 15.1 Å². The highest BCUT2D eigenvalue weighted by molar-refractivity contribution is 7.99. The van der Waals surface area contributed by atoms with Crippen molar-refractivity contribution in [2.45, 2.75) is 24.3 Å². The van der Waals surface area contributed by atoms with Crippen LogP contribution in [-0.2, 0) is 17.4 Å². The van der Waals surface area contributed by atoms with Crippen LogP contribution in [0, 0.1) is 5.92 Å². The lowest BCUT2D eigenvalue weighted by atomic mass is 9.99. The van der Waals surface area contributed by atoms with Gasteiger partial charge in [-0.15, -0.1) is 11.8 Å². The standard InChI is InChI=1S/C17H23N3O2S/c1-13(11-23-15-7-5-4-6-8-15)16(21)18-12-17(2,22)14-9-19-20(3)10-14/h4-10,13,22H,11-12H2,1-3H3,(H,18,21). The molecule has 0 bridgehead atoms. The number of rotatable bonds is 7. The lowest BCUT2D eigenvalue weighted by Crippen LogP contribution is -2.41. The molecule has 1 aromatic heterocycles. The highest BCUT2D eigenvalue weighted by atomic mass is 32.2. The van der Waals surface area contributed by atoms with Crippen LogP contribution in [0.2, 0.25) is 0 Å². The zero-order chi connectivity index (χ0) is 16.9. The summed E-state index contributed by atoms with van der Waals surface area (Å²) < 4.78 is 1.63. The topological polar surface area (TPSA) is 67.2 Å². The normalized spacial score (nSPS) is 15.0. The number of aromatic nitrogens is 2. The molecule has 1 aromatic carbocycles. The molecule has 6 heteroatoms. The van der Waals surface area contributed by atoms with Crippen molar-refractivity contribution in [3.8, 4) is 0 Å². The number of hydrogen-bond acceptors (Lipinski definition) is 4. The van der Waals surface area contributed by atoms with Crippen LogP contribution in [0.1, 0.15) is 19.4 Å². The fourth-order valence-electron chi connectivity index (χ4n) is 2.05. The second-order valence-electron chi connectivity index (χ2n) is 5.92. The van der Waals surface area contributed by atoms with E-state index < -0.39 is 5.60 Å². The summed E-state index contributed by atoms with van der Waals surface area (Å²) in [5.74, 6) is 0.507. The van der Waals surface area contributed by atoms with Gasteiger partial charge in [-0.1, -0.05) is 25.1 Å². The number of thioether (sulfide) groups is 1. The Morgan fingerprint density at radius 2 is 2.13 bits per heavy atom. The highest BCUT2D eigenvalue weighted by Gasteiger charge is 2.26. The zero-order valence-electron chi connectivity index (χ0n) is 13.7. The first-order valence-electron chi connectivity index (χ1n) is 7.55. The second kappa shape index (κ2) is 7.66. The van der Waals surface area contributed by atoms with E-state index in [1.807, 2.05) is 37.3 Å². The molecule has 0 radical (unpaired) electrons. The monoisotopic (exact) mass is 333 g/mol. The van der Waals surface area contributed by atoms with E-state index in [2.05, 4.69) is 10.4 Å². The van der Waals surface area contributed by atoms with Crippen LogP contribution >= 0.6 is 11.8 Å². The molecule has 0 fully saturated rings. The Labute approximate surface area is 141 Å². The van der Waals surface area contributed by atoms with Gasteiger partial charge >= 0.3 is 0 Å². The van der Waals surface area contributed by atoms with Crippen molar-refractivity contribution >= 4 is 17.7 Å². The first-order valence-corrected chi connectivity index (χ1v) is 8.54. The number of amides is 1. The van der Waals surface area contributed by atoms with Crippen molar-refractivity contribution in [3.05, 3.63) is 48.3 Å². The van der Waals surface area contributed by atoms with Gasteiger partial charge in [0.05, 0.1) is 12.7 Å². The zero-order valence-corrected chi connectivity index (χ0v) is 14.5. The number of carbonyl (C=O) groups excluding carboxylic acids is 1. The van der Waals surface area contributed by atoms with E-state index in [-0.39, 0.29) is 18.4 Å². The van der Waals surface area contributed by atoms with Crippen LogP contribution in [0.4, 0.5) is 0 Å². The molecule has 0 aliphatic rings. The highest BCUT2D eigenvalue weighted by Crippen LogP contribution is 2.21. The van der Waals surface area contributed by atoms with Crippen LogP contribution in [-0.4, -0.2) is 33.1 Å². The summed E-state index contributed by atoms with van der Waals surface area (Å²) in [6, 6.07) is 10.0. The third-order valence-electron chi connectivity index (χ3n) is 3.62. The van der Waals surface area contributed by atoms with Crippen molar-refractivity contribution in [2.75, 3.05) is 12.3 Å². The minimum atomic E-state index is -1.13. The number of aliphatic hydroxyl groups is 1. The first kappa shape index (κ1) is 17.6. The minimum absolute atomic E-state index is 0.0578. The van der Waals surface area contributed by atoms with E-state index in [1.54, 1.807) is 42.8 Å². The molecule has 23 heavy (non-hydrogen) atoms. The molecule has 2 rings (SSSR count). The van der Waals surface area contributed by atoms with Crippen molar-refractivity contribution < 1.29 is 9.90 Å². The molecular formula is C17H23N3O2S. The minimum Gasteiger partial charge on any atom is -0.383 e. The number of benzene rings is 1. The second-order valence-corrected chi connectivity index (χ2v) is 7.01. The predicted octanol–water partition coefficient (Wildman–Crippen LogP) is 2.17. The van der Waals surface area contributed by atoms with E-state index in [0.29, 0.717) is 11.3 Å². The molecule has 0 saturated carbocycles. The Hall–Kier alpha value is -1.79. The van der Waals surface area contributed by atoms with Gasteiger partial charge in [-0.3, -0.25) is 9.48 Å². The van der Waals surface area contributed by atoms with E-state index in [0.717, 1.165) is 4.90 Å². The maximum atomic E-state index is 12.2. The maximum absolute atomic E-state index is 12.2. The SMILES string of the molecule is CC(CSc1ccccc1)C(=O)NCC(C)(O)c1cnn(C)c1. The molecule has 2 atom stereocenters. The Kier molecular flexibility index (Phi) is 5.85. The Morgan fingerprint density at radius 3 is 2.74 bits per heavy atom. The predicted molar refractivity (Wildman–Crippen MR) is 92.1 cm³/mol. The number of nitrogens with one attached hydrogen (secondary N) is 1. The van der Waals surface area contributed by atoms with Crippen LogP contribution in [0.15, 0.2) is 47.6 Å². The summed E-state index contributed by atoms with van der Waals surface area (Å²) >= 11 is 1.65. The van der Waals surface area contributed by atoms with Crippen LogP contribution < -0.4 is 5.32 Å². The number of nitrogens with zero attached hydrogens (tertiary/aromatic N) is 2. The number of aryl methyl sites for hydroxylation is 1. The number of carbonyl (C=O) groups is 1. The Balaban J connectivity index is 1.81. The van der Waals surface area contributed by atoms with E-state index >= 15 is 0 Å². The van der Waals surface area contributed by atoms with E-state index in [1.165, 1.54) is 0 Å². The van der Waals surface area contributed by atoms with E-state index in [4.69, 9.17) is 0 Å². The van der Waals surface area contributed by atoms with Gasteiger partial charge < -0.3 is 10.4 Å². The quantitative estimate of drug-likeness (QED) is 0.762. The molecule has 0 spiro atoms. The average molecular weight is 333 g/mol. The molecule has 5 nitrogen and oxygen atoms in total. The molecular weight excluding hydrogens is 310 g/mol. The molecule has 2 unspecified atom stereocenters. The van der Waals surface area contributed by atoms with Gasteiger partial charge in [-0.25, -0.2) is 0 Å².